The Labute approximate surface area is 185 Å². The largest absolute Gasteiger partial charge is 0.379 e. The summed E-state index contributed by atoms with van der Waals surface area (Å²) >= 11 is 0. The molecule has 164 valence electrons. The lowest BCUT2D eigenvalue weighted by molar-refractivity contribution is 0.0341. The molecule has 6 heteroatoms. The topological polar surface area (TPSA) is 52.1 Å². The van der Waals surface area contributed by atoms with Crippen molar-refractivity contribution in [3.05, 3.63) is 77.4 Å². The van der Waals surface area contributed by atoms with Gasteiger partial charge in [-0.05, 0) is 28.8 Å². The van der Waals surface area contributed by atoms with Crippen LogP contribution in [0.25, 0.3) is 0 Å². The first-order valence-corrected chi connectivity index (χ1v) is 11.1. The van der Waals surface area contributed by atoms with Crippen LogP contribution in [0.15, 0.2) is 65.7 Å². The van der Waals surface area contributed by atoms with E-state index in [1.54, 1.807) is 0 Å². The van der Waals surface area contributed by atoms with E-state index >= 15 is 0 Å². The van der Waals surface area contributed by atoms with Gasteiger partial charge < -0.3 is 20.3 Å². The van der Waals surface area contributed by atoms with Crippen LogP contribution in [0.3, 0.4) is 0 Å². The number of hydrogen-bond acceptors (Lipinski definition) is 4. The lowest BCUT2D eigenvalue weighted by Crippen LogP contribution is -2.37. The second-order valence-corrected chi connectivity index (χ2v) is 7.98. The smallest absolute Gasteiger partial charge is 0.191 e. The number of nitrogens with zero attached hydrogens (tertiary/aromatic N) is 3. The zero-order chi connectivity index (χ0) is 21.3. The average molecular weight is 420 g/mol. The molecule has 2 aliphatic heterocycles. The van der Waals surface area contributed by atoms with E-state index in [4.69, 9.17) is 4.74 Å². The van der Waals surface area contributed by atoms with Crippen molar-refractivity contribution in [2.24, 2.45) is 4.99 Å². The van der Waals surface area contributed by atoms with Gasteiger partial charge in [-0.2, -0.15) is 0 Å². The van der Waals surface area contributed by atoms with E-state index in [9.17, 15) is 0 Å². The standard InChI is InChI=1S/C25H33N5O/c1-26-25(27-18-21-8-10-24(11-9-21)30-12-4-5-13-30)28-19-22-6-2-3-7-23(22)20-29-14-16-31-17-15-29/h2-11H,12-20H2,1H3,(H2,26,27,28). The Bertz CT molecular complexity index is 879. The van der Waals surface area contributed by atoms with Gasteiger partial charge in [-0.25, -0.2) is 0 Å². The Morgan fingerprint density at radius 1 is 0.903 bits per heavy atom. The minimum absolute atomic E-state index is 0.744. The number of morpholine rings is 1. The molecule has 0 aromatic heterocycles. The zero-order valence-corrected chi connectivity index (χ0v) is 18.4. The van der Waals surface area contributed by atoms with Crippen molar-refractivity contribution in [1.82, 2.24) is 15.5 Å². The van der Waals surface area contributed by atoms with Gasteiger partial charge in [0.05, 0.1) is 13.2 Å². The normalized spacial score (nSPS) is 17.2. The van der Waals surface area contributed by atoms with Crippen molar-refractivity contribution in [2.75, 3.05) is 51.3 Å². The minimum atomic E-state index is 0.744. The highest BCUT2D eigenvalue weighted by Crippen LogP contribution is 2.17. The molecule has 4 rings (SSSR count). The molecular formula is C25H33N5O. The van der Waals surface area contributed by atoms with E-state index < -0.39 is 0 Å². The highest BCUT2D eigenvalue weighted by molar-refractivity contribution is 5.79. The van der Waals surface area contributed by atoms with E-state index in [1.807, 2.05) is 7.05 Å². The second-order valence-electron chi connectivity index (χ2n) is 7.98. The Kier molecular flexibility index (Phi) is 7.58. The van der Waals surface area contributed by atoms with Crippen LogP contribution in [0.4, 0.5) is 5.69 Å². The summed E-state index contributed by atoms with van der Waals surface area (Å²) in [5.74, 6) is 0.814. The Morgan fingerprint density at radius 2 is 1.58 bits per heavy atom. The fourth-order valence-corrected chi connectivity index (χ4v) is 3.98. The van der Waals surface area contributed by atoms with E-state index in [1.165, 1.54) is 22.4 Å². The monoisotopic (exact) mass is 419 g/mol. The summed E-state index contributed by atoms with van der Waals surface area (Å²) in [6.45, 7) is 8.11. The first-order valence-electron chi connectivity index (χ1n) is 11.1. The van der Waals surface area contributed by atoms with E-state index in [2.05, 4.69) is 86.1 Å². The van der Waals surface area contributed by atoms with Crippen molar-refractivity contribution in [1.29, 1.82) is 0 Å². The van der Waals surface area contributed by atoms with Gasteiger partial charge in [0.1, 0.15) is 0 Å². The number of rotatable bonds is 7. The molecule has 0 aliphatic carbocycles. The van der Waals surface area contributed by atoms with Crippen LogP contribution >= 0.6 is 0 Å². The van der Waals surface area contributed by atoms with Crippen molar-refractivity contribution in [3.8, 4) is 0 Å². The molecule has 0 spiro atoms. The van der Waals surface area contributed by atoms with Gasteiger partial charge in [0.2, 0.25) is 0 Å². The Balaban J connectivity index is 1.28. The molecule has 0 unspecified atom stereocenters. The third-order valence-electron chi connectivity index (χ3n) is 5.87. The molecule has 2 N–H and O–H groups in total. The number of anilines is 1. The van der Waals surface area contributed by atoms with Crippen LogP contribution < -0.4 is 15.5 Å². The van der Waals surface area contributed by atoms with Crippen LogP contribution in [0.1, 0.15) is 16.7 Å². The van der Waals surface area contributed by atoms with Gasteiger partial charge in [-0.1, -0.05) is 48.6 Å². The molecule has 0 radical (unpaired) electrons. The SMILES string of the molecule is CN=C(NCc1ccc(N2CC=CC2)cc1)NCc1ccccc1CN1CCOCC1. The van der Waals surface area contributed by atoms with Crippen LogP contribution in [0.5, 0.6) is 0 Å². The summed E-state index contributed by atoms with van der Waals surface area (Å²) in [6, 6.07) is 17.4. The first kappa shape index (κ1) is 21.4. The number of aliphatic imine (C=N–C) groups is 1. The molecule has 2 aromatic carbocycles. The van der Waals surface area contributed by atoms with Gasteiger partial charge in [-0.15, -0.1) is 0 Å². The second kappa shape index (κ2) is 11.0. The maximum atomic E-state index is 5.47. The van der Waals surface area contributed by atoms with Crippen LogP contribution in [0, 0.1) is 0 Å². The van der Waals surface area contributed by atoms with E-state index in [-0.39, 0.29) is 0 Å². The van der Waals surface area contributed by atoms with E-state index in [0.29, 0.717) is 0 Å². The highest BCUT2D eigenvalue weighted by Gasteiger charge is 2.13. The van der Waals surface area contributed by atoms with Gasteiger partial charge in [0.25, 0.3) is 0 Å². The van der Waals surface area contributed by atoms with Crippen LogP contribution in [-0.2, 0) is 24.4 Å². The lowest BCUT2D eigenvalue weighted by atomic mass is 10.1. The lowest BCUT2D eigenvalue weighted by Gasteiger charge is -2.27. The maximum Gasteiger partial charge on any atom is 0.191 e. The van der Waals surface area contributed by atoms with Gasteiger partial charge in [-0.3, -0.25) is 9.89 Å². The number of nitrogens with one attached hydrogen (secondary N) is 2. The number of guanidine groups is 1. The first-order chi connectivity index (χ1) is 15.3. The summed E-state index contributed by atoms with van der Waals surface area (Å²) in [6.07, 6.45) is 4.43. The summed E-state index contributed by atoms with van der Waals surface area (Å²) in [5.41, 5.74) is 5.18. The van der Waals surface area contributed by atoms with Gasteiger partial charge >= 0.3 is 0 Å². The molecule has 2 aromatic rings. The van der Waals surface area contributed by atoms with Crippen molar-refractivity contribution in [2.45, 2.75) is 19.6 Å². The molecular weight excluding hydrogens is 386 g/mol. The van der Waals surface area contributed by atoms with Gasteiger partial charge in [0.15, 0.2) is 5.96 Å². The molecule has 2 heterocycles. The number of benzene rings is 2. The van der Waals surface area contributed by atoms with Crippen LogP contribution in [0.2, 0.25) is 0 Å². The fourth-order valence-electron chi connectivity index (χ4n) is 3.98. The number of ether oxygens (including phenoxy) is 1. The molecule has 0 atom stereocenters. The summed E-state index contributed by atoms with van der Waals surface area (Å²) in [7, 11) is 1.82. The molecule has 0 amide bonds. The minimum Gasteiger partial charge on any atom is -0.379 e. The molecule has 1 fully saturated rings. The van der Waals surface area contributed by atoms with Gasteiger partial charge in [0, 0.05) is 58.5 Å². The predicted octanol–water partition coefficient (Wildman–Crippen LogP) is 2.76. The number of hydrogen-bond donors (Lipinski definition) is 2. The molecule has 2 aliphatic rings. The summed E-state index contributed by atoms with van der Waals surface area (Å²) in [5, 5.41) is 6.90. The highest BCUT2D eigenvalue weighted by atomic mass is 16.5. The summed E-state index contributed by atoms with van der Waals surface area (Å²) < 4.78 is 5.47. The van der Waals surface area contributed by atoms with Crippen LogP contribution in [-0.4, -0.2) is 57.3 Å². The molecule has 0 saturated carbocycles. The molecule has 1 saturated heterocycles. The third kappa shape index (κ3) is 6.09. The molecule has 6 nitrogen and oxygen atoms in total. The molecule has 0 bridgehead atoms. The van der Waals surface area contributed by atoms with Crippen molar-refractivity contribution < 1.29 is 4.74 Å². The Hall–Kier alpha value is -2.83. The predicted molar refractivity (Wildman–Crippen MR) is 127 cm³/mol. The van der Waals surface area contributed by atoms with E-state index in [0.717, 1.165) is 65.0 Å². The average Bonchev–Trinajstić information content (AvgIpc) is 3.36. The Morgan fingerprint density at radius 3 is 2.29 bits per heavy atom. The third-order valence-corrected chi connectivity index (χ3v) is 5.87. The molecule has 31 heavy (non-hydrogen) atoms. The fraction of sp³-hybridized carbons (Fsp3) is 0.400. The van der Waals surface area contributed by atoms with Crippen molar-refractivity contribution >= 4 is 11.6 Å². The quantitative estimate of drug-likeness (QED) is 0.411. The summed E-state index contributed by atoms with van der Waals surface area (Å²) in [4.78, 5) is 9.20. The van der Waals surface area contributed by atoms with Crippen molar-refractivity contribution in [3.63, 3.8) is 0 Å². The maximum absolute atomic E-state index is 5.47. The zero-order valence-electron chi connectivity index (χ0n) is 18.4.